The fourth-order valence-electron chi connectivity index (χ4n) is 7.96. The molecule has 2 aromatic heterocycles. The molecule has 6 heterocycles. The Bertz CT molecular complexity index is 1700. The maximum atomic E-state index is 16.6. The highest BCUT2D eigenvalue weighted by atomic mass is 32.1. The van der Waals surface area contributed by atoms with E-state index in [2.05, 4.69) is 25.1 Å². The summed E-state index contributed by atoms with van der Waals surface area (Å²) in [6.07, 6.45) is 3.57. The first kappa shape index (κ1) is 27.3. The van der Waals surface area contributed by atoms with Gasteiger partial charge in [0, 0.05) is 42.6 Å². The third kappa shape index (κ3) is 4.60. The standard InChI is InChI=1S/C31H34F3N7OS/c32-19-12-31(8-1-11-41(31)15-19)16-42-30-38-25-22(28(39-30)40-13-17-6-9-36-10-7-18(17)14-40)3-2-20(24(25)34)21-4-5-23(33)27-26(21)37-29(35)43-27/h2-5,17-19,36H,1,6-16H2,(H2,35,37)/t17?,18?,19-,31+/m1/s1. The van der Waals surface area contributed by atoms with E-state index < -0.39 is 17.8 Å². The lowest BCUT2D eigenvalue weighted by molar-refractivity contribution is 0.107. The second kappa shape index (κ2) is 10.4. The molecule has 4 atom stereocenters. The summed E-state index contributed by atoms with van der Waals surface area (Å²) < 4.78 is 52.2. The van der Waals surface area contributed by atoms with Crippen molar-refractivity contribution in [2.45, 2.75) is 43.8 Å². The molecule has 4 aromatic rings. The van der Waals surface area contributed by atoms with Crippen molar-refractivity contribution in [2.75, 3.05) is 56.5 Å². The number of anilines is 2. The van der Waals surface area contributed by atoms with Gasteiger partial charge in [-0.25, -0.2) is 18.2 Å². The number of nitrogens with zero attached hydrogens (tertiary/aromatic N) is 5. The van der Waals surface area contributed by atoms with Crippen LogP contribution in [0.25, 0.3) is 32.2 Å². The van der Waals surface area contributed by atoms with Crippen molar-refractivity contribution in [2.24, 2.45) is 11.8 Å². The maximum absolute atomic E-state index is 16.6. The molecule has 8 rings (SSSR count). The Balaban J connectivity index is 1.22. The minimum Gasteiger partial charge on any atom is -0.461 e. The zero-order valence-corrected chi connectivity index (χ0v) is 24.6. The number of ether oxygens (including phenoxy) is 1. The minimum atomic E-state index is -0.879. The lowest BCUT2D eigenvalue weighted by atomic mass is 9.92. The van der Waals surface area contributed by atoms with E-state index >= 15 is 4.39 Å². The van der Waals surface area contributed by atoms with Crippen molar-refractivity contribution in [1.29, 1.82) is 0 Å². The number of nitrogen functional groups attached to an aromatic ring is 1. The molecule has 0 radical (unpaired) electrons. The van der Waals surface area contributed by atoms with Crippen molar-refractivity contribution < 1.29 is 17.9 Å². The Morgan fingerprint density at radius 2 is 1.79 bits per heavy atom. The van der Waals surface area contributed by atoms with Crippen molar-refractivity contribution in [3.8, 4) is 17.1 Å². The molecule has 0 aliphatic carbocycles. The number of alkyl halides is 1. The van der Waals surface area contributed by atoms with Crippen molar-refractivity contribution in [1.82, 2.24) is 25.2 Å². The summed E-state index contributed by atoms with van der Waals surface area (Å²) in [5.74, 6) is 0.723. The van der Waals surface area contributed by atoms with Crippen LogP contribution in [0.5, 0.6) is 6.01 Å². The van der Waals surface area contributed by atoms with Crippen LogP contribution in [-0.2, 0) is 0 Å². The van der Waals surface area contributed by atoms with E-state index in [0.717, 1.165) is 69.7 Å². The van der Waals surface area contributed by atoms with Crippen LogP contribution in [-0.4, -0.2) is 77.4 Å². The van der Waals surface area contributed by atoms with Crippen LogP contribution >= 0.6 is 11.3 Å². The molecule has 0 bridgehead atoms. The number of thiazole rings is 1. The molecule has 12 heteroatoms. The van der Waals surface area contributed by atoms with E-state index in [4.69, 9.17) is 15.5 Å². The fourth-order valence-corrected chi connectivity index (χ4v) is 8.73. The molecule has 4 aliphatic rings. The quantitative estimate of drug-likeness (QED) is 0.321. The normalized spacial score (nSPS) is 27.6. The Kier molecular flexibility index (Phi) is 6.64. The maximum Gasteiger partial charge on any atom is 0.319 e. The van der Waals surface area contributed by atoms with E-state index in [1.165, 1.54) is 12.1 Å². The molecular weight excluding hydrogens is 575 g/mol. The van der Waals surface area contributed by atoms with Gasteiger partial charge < -0.3 is 20.7 Å². The van der Waals surface area contributed by atoms with E-state index in [9.17, 15) is 8.78 Å². The molecule has 2 aromatic carbocycles. The molecule has 8 nitrogen and oxygen atoms in total. The SMILES string of the molecule is Nc1nc2c(-c3ccc4c(N5CC6CCNCCC6C5)nc(OC[C@@]56CCCN5C[C@H](F)C6)nc4c3F)ccc(F)c2s1. The molecule has 0 spiro atoms. The number of halogens is 3. The van der Waals surface area contributed by atoms with Gasteiger partial charge in [0.1, 0.15) is 29.9 Å². The highest BCUT2D eigenvalue weighted by Crippen LogP contribution is 2.43. The highest BCUT2D eigenvalue weighted by molar-refractivity contribution is 7.22. The summed E-state index contributed by atoms with van der Waals surface area (Å²) in [6.45, 7) is 5.18. The lowest BCUT2D eigenvalue weighted by Crippen LogP contribution is -2.43. The molecule has 4 fully saturated rings. The van der Waals surface area contributed by atoms with E-state index in [-0.39, 0.29) is 39.1 Å². The Morgan fingerprint density at radius 1 is 1.00 bits per heavy atom. The molecule has 226 valence electrons. The molecule has 3 N–H and O–H groups in total. The van der Waals surface area contributed by atoms with Gasteiger partial charge in [-0.2, -0.15) is 9.97 Å². The smallest absolute Gasteiger partial charge is 0.319 e. The van der Waals surface area contributed by atoms with Crippen LogP contribution in [0.3, 0.4) is 0 Å². The fraction of sp³-hybridized carbons (Fsp3) is 0.516. The molecule has 4 saturated heterocycles. The number of hydrogen-bond acceptors (Lipinski definition) is 9. The number of benzene rings is 2. The highest BCUT2D eigenvalue weighted by Gasteiger charge is 2.49. The van der Waals surface area contributed by atoms with Crippen molar-refractivity contribution in [3.63, 3.8) is 0 Å². The first-order valence-corrected chi connectivity index (χ1v) is 16.0. The second-order valence-electron chi connectivity index (χ2n) is 12.6. The van der Waals surface area contributed by atoms with Gasteiger partial charge in [-0.05, 0) is 75.4 Å². The number of nitrogens with one attached hydrogen (secondary N) is 1. The summed E-state index contributed by atoms with van der Waals surface area (Å²) in [6, 6.07) is 6.48. The summed E-state index contributed by atoms with van der Waals surface area (Å²) in [5.41, 5.74) is 6.70. The number of hydrogen-bond donors (Lipinski definition) is 2. The molecular formula is C31H34F3N7OS. The van der Waals surface area contributed by atoms with Gasteiger partial charge >= 0.3 is 6.01 Å². The molecule has 0 amide bonds. The zero-order chi connectivity index (χ0) is 29.3. The topological polar surface area (TPSA) is 92.4 Å². The number of rotatable bonds is 5. The van der Waals surface area contributed by atoms with Gasteiger partial charge in [-0.15, -0.1) is 0 Å². The van der Waals surface area contributed by atoms with Crippen LogP contribution in [0.15, 0.2) is 24.3 Å². The first-order valence-electron chi connectivity index (χ1n) is 15.2. The lowest BCUT2D eigenvalue weighted by Gasteiger charge is -2.31. The average Bonchev–Trinajstić information content (AvgIpc) is 3.72. The third-order valence-corrected chi connectivity index (χ3v) is 11.0. The zero-order valence-electron chi connectivity index (χ0n) is 23.8. The number of fused-ring (bicyclic) bond motifs is 4. The third-order valence-electron chi connectivity index (χ3n) is 10.1. The second-order valence-corrected chi connectivity index (χ2v) is 13.6. The first-order chi connectivity index (χ1) is 20.9. The molecule has 4 aliphatic heterocycles. The largest absolute Gasteiger partial charge is 0.461 e. The molecule has 2 unspecified atom stereocenters. The predicted molar refractivity (Wildman–Crippen MR) is 162 cm³/mol. The number of aromatic nitrogens is 3. The van der Waals surface area contributed by atoms with Gasteiger partial charge in [0.15, 0.2) is 10.9 Å². The van der Waals surface area contributed by atoms with Gasteiger partial charge in [0.25, 0.3) is 0 Å². The Labute approximate surface area is 251 Å². The van der Waals surface area contributed by atoms with Gasteiger partial charge in [0.05, 0.1) is 15.8 Å². The van der Waals surface area contributed by atoms with E-state index in [1.54, 1.807) is 6.07 Å². The number of nitrogens with two attached hydrogens (primary N) is 1. The van der Waals surface area contributed by atoms with Crippen LogP contribution in [0, 0.1) is 23.5 Å². The van der Waals surface area contributed by atoms with Crippen LogP contribution in [0.4, 0.5) is 24.1 Å². The Hall–Kier alpha value is -3.22. The van der Waals surface area contributed by atoms with Gasteiger partial charge in [-0.1, -0.05) is 17.4 Å². The van der Waals surface area contributed by atoms with Crippen molar-refractivity contribution in [3.05, 3.63) is 35.9 Å². The van der Waals surface area contributed by atoms with E-state index in [0.29, 0.717) is 47.1 Å². The molecule has 43 heavy (non-hydrogen) atoms. The summed E-state index contributed by atoms with van der Waals surface area (Å²) in [5, 5.41) is 4.32. The van der Waals surface area contributed by atoms with Crippen molar-refractivity contribution >= 4 is 43.4 Å². The van der Waals surface area contributed by atoms with Gasteiger partial charge in [0.2, 0.25) is 0 Å². The average molecular weight is 610 g/mol. The Morgan fingerprint density at radius 3 is 2.60 bits per heavy atom. The minimum absolute atomic E-state index is 0.0954. The summed E-state index contributed by atoms with van der Waals surface area (Å²) in [7, 11) is 0. The molecule has 0 saturated carbocycles. The summed E-state index contributed by atoms with van der Waals surface area (Å²) in [4.78, 5) is 18.2. The van der Waals surface area contributed by atoms with Crippen LogP contribution in [0.2, 0.25) is 0 Å². The summed E-state index contributed by atoms with van der Waals surface area (Å²) >= 11 is 1.04. The van der Waals surface area contributed by atoms with Crippen LogP contribution in [0.1, 0.15) is 32.1 Å². The monoisotopic (exact) mass is 609 g/mol. The predicted octanol–water partition coefficient (Wildman–Crippen LogP) is 5.16. The van der Waals surface area contributed by atoms with Gasteiger partial charge in [-0.3, -0.25) is 4.90 Å². The van der Waals surface area contributed by atoms with E-state index in [1.807, 2.05) is 6.07 Å². The van der Waals surface area contributed by atoms with Crippen LogP contribution < -0.4 is 20.7 Å².